The number of aliphatic hydroxyl groups excluding tert-OH is 1. The molecule has 2 aromatic rings. The number of sulfonamides is 1. The van der Waals surface area contributed by atoms with Gasteiger partial charge in [0.2, 0.25) is 0 Å². The molecule has 1 unspecified atom stereocenters. The van der Waals surface area contributed by atoms with Crippen LogP contribution >= 0.6 is 23.2 Å². The minimum atomic E-state index is -3.90. The molecule has 0 aromatic heterocycles. The van der Waals surface area contributed by atoms with Crippen molar-refractivity contribution in [2.24, 2.45) is 0 Å². The molecule has 0 bridgehead atoms. The Morgan fingerprint density at radius 1 is 1.12 bits per heavy atom. The van der Waals surface area contributed by atoms with Crippen LogP contribution in [0.15, 0.2) is 53.4 Å². The van der Waals surface area contributed by atoms with E-state index in [0.29, 0.717) is 11.6 Å². The Morgan fingerprint density at radius 2 is 1.73 bits per heavy atom. The average Bonchev–Trinajstić information content (AvgIpc) is 2.55. The van der Waals surface area contributed by atoms with E-state index in [1.54, 1.807) is 24.3 Å². The van der Waals surface area contributed by atoms with Crippen molar-refractivity contribution in [2.45, 2.75) is 11.0 Å². The van der Waals surface area contributed by atoms with Gasteiger partial charge < -0.3 is 22.4 Å². The zero-order chi connectivity index (χ0) is 18.6. The predicted molar refractivity (Wildman–Crippen MR) is 101 cm³/mol. The molecule has 0 saturated heterocycles. The molecule has 2 N–H and O–H groups in total. The van der Waals surface area contributed by atoms with Crippen LogP contribution in [0.1, 0.15) is 0 Å². The number of benzene rings is 2. The number of halogens is 3. The zero-order valence-corrected chi connectivity index (χ0v) is 17.4. The molecule has 2 aromatic carbocycles. The standard InChI is InChI=1S/C17H20Cl2N2O3S.ClH/c1-20(2)11-14(22)12-21(17-10-13(18)8-9-16(17)19)25(23,24)15-6-4-3-5-7-15;/h3-10,14,22H,11-12H2,1-2H3;1H. The van der Waals surface area contributed by atoms with Gasteiger partial charge in [0, 0.05) is 5.02 Å². The van der Waals surface area contributed by atoms with Crippen molar-refractivity contribution >= 4 is 38.9 Å². The molecule has 0 spiro atoms. The summed E-state index contributed by atoms with van der Waals surface area (Å²) in [5.41, 5.74) is 0.242. The third kappa shape index (κ3) is 5.74. The van der Waals surface area contributed by atoms with Crippen LogP contribution in [0.5, 0.6) is 0 Å². The Labute approximate surface area is 170 Å². The van der Waals surface area contributed by atoms with Gasteiger partial charge in [0.25, 0.3) is 10.0 Å². The highest BCUT2D eigenvalue weighted by molar-refractivity contribution is 7.92. The summed E-state index contributed by atoms with van der Waals surface area (Å²) in [6.07, 6.45) is -0.862. The summed E-state index contributed by atoms with van der Waals surface area (Å²) in [4.78, 5) is 1.12. The molecule has 0 saturated carbocycles. The van der Waals surface area contributed by atoms with E-state index in [4.69, 9.17) is 23.2 Å². The average molecular weight is 440 g/mol. The molecule has 5 nitrogen and oxygen atoms in total. The van der Waals surface area contributed by atoms with E-state index >= 15 is 0 Å². The first kappa shape index (κ1) is 23.0. The molecule has 2 rings (SSSR count). The molecule has 1 atom stereocenters. The largest absolute Gasteiger partial charge is 1.00 e. The number of likely N-dealkylation sites (N-methyl/N-ethyl adjacent to an activating group) is 1. The van der Waals surface area contributed by atoms with Gasteiger partial charge in [-0.1, -0.05) is 41.4 Å². The molecule has 0 amide bonds. The summed E-state index contributed by atoms with van der Waals surface area (Å²) in [6, 6.07) is 12.6. The van der Waals surface area contributed by atoms with Crippen molar-refractivity contribution in [3.05, 3.63) is 58.6 Å². The highest BCUT2D eigenvalue weighted by Crippen LogP contribution is 2.33. The maximum atomic E-state index is 13.1. The van der Waals surface area contributed by atoms with Gasteiger partial charge in [-0.3, -0.25) is 4.31 Å². The molecule has 26 heavy (non-hydrogen) atoms. The number of rotatable bonds is 7. The van der Waals surface area contributed by atoms with Crippen LogP contribution in [0.4, 0.5) is 5.69 Å². The smallest absolute Gasteiger partial charge is 0.264 e. The lowest BCUT2D eigenvalue weighted by Gasteiger charge is -2.28. The van der Waals surface area contributed by atoms with E-state index in [-0.39, 0.29) is 34.6 Å². The zero-order valence-electron chi connectivity index (χ0n) is 14.4. The molecule has 0 heterocycles. The van der Waals surface area contributed by atoms with E-state index in [0.717, 1.165) is 9.21 Å². The van der Waals surface area contributed by atoms with Crippen molar-refractivity contribution in [2.75, 3.05) is 31.5 Å². The summed E-state index contributed by atoms with van der Waals surface area (Å²) in [5.74, 6) is 0. The number of quaternary nitrogens is 1. The minimum Gasteiger partial charge on any atom is -1.00 e. The highest BCUT2D eigenvalue weighted by atomic mass is 35.5. The third-order valence-electron chi connectivity index (χ3n) is 3.53. The normalized spacial score (nSPS) is 12.5. The van der Waals surface area contributed by atoms with Crippen LogP contribution < -0.4 is 21.6 Å². The van der Waals surface area contributed by atoms with Gasteiger partial charge in [-0.2, -0.15) is 0 Å². The fourth-order valence-electron chi connectivity index (χ4n) is 2.45. The number of nitrogens with zero attached hydrogens (tertiary/aromatic N) is 1. The topological polar surface area (TPSA) is 62.1 Å². The number of hydrogen-bond acceptors (Lipinski definition) is 3. The van der Waals surface area contributed by atoms with E-state index in [1.807, 2.05) is 14.1 Å². The molecule has 0 aliphatic rings. The minimum absolute atomic E-state index is 0. The van der Waals surface area contributed by atoms with Crippen molar-refractivity contribution in [3.63, 3.8) is 0 Å². The predicted octanol–water partition coefficient (Wildman–Crippen LogP) is -1.30. The summed E-state index contributed by atoms with van der Waals surface area (Å²) in [5, 5.41) is 10.9. The van der Waals surface area contributed by atoms with Gasteiger partial charge in [0.15, 0.2) is 0 Å². The SMILES string of the molecule is C[NH+](C)CC(O)CN(c1cc(Cl)ccc1Cl)S(=O)(=O)c1ccccc1.[Cl-]. The van der Waals surface area contributed by atoms with Gasteiger partial charge in [0.1, 0.15) is 12.6 Å². The summed E-state index contributed by atoms with van der Waals surface area (Å²) >= 11 is 12.3. The van der Waals surface area contributed by atoms with Gasteiger partial charge in [-0.25, -0.2) is 8.42 Å². The molecular weight excluding hydrogens is 419 g/mol. The van der Waals surface area contributed by atoms with Gasteiger partial charge in [-0.05, 0) is 30.3 Å². The highest BCUT2D eigenvalue weighted by Gasteiger charge is 2.29. The molecule has 0 aliphatic carbocycles. The lowest BCUT2D eigenvalue weighted by Crippen LogP contribution is -3.07. The monoisotopic (exact) mass is 438 g/mol. The fraction of sp³-hybridized carbons (Fsp3) is 0.294. The molecule has 0 fully saturated rings. The van der Waals surface area contributed by atoms with Gasteiger partial charge in [-0.15, -0.1) is 0 Å². The second-order valence-corrected chi connectivity index (χ2v) is 8.72. The number of hydrogen-bond donors (Lipinski definition) is 2. The number of nitrogens with one attached hydrogen (secondary N) is 1. The van der Waals surface area contributed by atoms with Crippen molar-refractivity contribution in [3.8, 4) is 0 Å². The molecule has 0 aliphatic heterocycles. The Hall–Kier alpha value is -1.02. The van der Waals surface area contributed by atoms with Gasteiger partial charge >= 0.3 is 0 Å². The van der Waals surface area contributed by atoms with Crippen LogP contribution in [0.3, 0.4) is 0 Å². The molecule has 144 valence electrons. The van der Waals surface area contributed by atoms with Gasteiger partial charge in [0.05, 0.1) is 36.2 Å². The molecule has 9 heteroatoms. The van der Waals surface area contributed by atoms with Crippen molar-refractivity contribution < 1.29 is 30.8 Å². The lowest BCUT2D eigenvalue weighted by molar-refractivity contribution is -0.861. The Bertz CT molecular complexity index is 817. The maximum absolute atomic E-state index is 13.1. The Morgan fingerprint density at radius 3 is 2.31 bits per heavy atom. The van der Waals surface area contributed by atoms with Crippen molar-refractivity contribution in [1.82, 2.24) is 0 Å². The second-order valence-electron chi connectivity index (χ2n) is 6.01. The van der Waals surface area contributed by atoms with Crippen molar-refractivity contribution in [1.29, 1.82) is 0 Å². The quantitative estimate of drug-likeness (QED) is 0.564. The van der Waals surface area contributed by atoms with E-state index in [2.05, 4.69) is 0 Å². The van der Waals surface area contributed by atoms with E-state index in [1.165, 1.54) is 24.3 Å². The maximum Gasteiger partial charge on any atom is 0.264 e. The van der Waals surface area contributed by atoms with Crippen LogP contribution in [-0.4, -0.2) is 46.8 Å². The molecule has 0 radical (unpaired) electrons. The molecular formula is C17H21Cl3N2O3S. The van der Waals surface area contributed by atoms with E-state index in [9.17, 15) is 13.5 Å². The van der Waals surface area contributed by atoms with Crippen LogP contribution in [0, 0.1) is 0 Å². The summed E-state index contributed by atoms with van der Waals surface area (Å²) in [6.45, 7) is 0.265. The van der Waals surface area contributed by atoms with Crippen LogP contribution in [-0.2, 0) is 10.0 Å². The lowest BCUT2D eigenvalue weighted by atomic mass is 10.3. The van der Waals surface area contributed by atoms with E-state index < -0.39 is 16.1 Å². The first-order valence-electron chi connectivity index (χ1n) is 7.71. The summed E-state index contributed by atoms with van der Waals surface area (Å²) in [7, 11) is -0.142. The Balaban J connectivity index is 0.00000338. The van der Waals surface area contributed by atoms with Crippen LogP contribution in [0.2, 0.25) is 10.0 Å². The first-order valence-corrected chi connectivity index (χ1v) is 9.91. The van der Waals surface area contributed by atoms with Crippen LogP contribution in [0.25, 0.3) is 0 Å². The summed E-state index contributed by atoms with van der Waals surface area (Å²) < 4.78 is 27.4. The number of anilines is 1. The third-order valence-corrected chi connectivity index (χ3v) is 5.88. The Kier molecular flexibility index (Phi) is 8.66. The second kappa shape index (κ2) is 9.78. The number of aliphatic hydroxyl groups is 1. The first-order chi connectivity index (χ1) is 11.7. The fourth-order valence-corrected chi connectivity index (χ4v) is 4.42.